The van der Waals surface area contributed by atoms with Gasteiger partial charge in [0.15, 0.2) is 0 Å². The second-order valence-electron chi connectivity index (χ2n) is 4.90. The van der Waals surface area contributed by atoms with Crippen molar-refractivity contribution in [1.29, 1.82) is 0 Å². The summed E-state index contributed by atoms with van der Waals surface area (Å²) in [6.45, 7) is 4.31. The van der Waals surface area contributed by atoms with Crippen LogP contribution in [0.1, 0.15) is 49.4 Å². The van der Waals surface area contributed by atoms with Crippen LogP contribution in [-0.2, 0) is 12.8 Å². The van der Waals surface area contributed by atoms with Crippen molar-refractivity contribution in [2.24, 2.45) is 0 Å². The maximum absolute atomic E-state index is 5.49. The summed E-state index contributed by atoms with van der Waals surface area (Å²) < 4.78 is 0. The van der Waals surface area contributed by atoms with E-state index >= 15 is 0 Å². The molecule has 1 nitrogen and oxygen atoms in total. The van der Waals surface area contributed by atoms with Gasteiger partial charge in [0.05, 0.1) is 6.04 Å². The van der Waals surface area contributed by atoms with Gasteiger partial charge >= 0.3 is 0 Å². The molecule has 2 unspecified atom stereocenters. The Labute approximate surface area is 105 Å². The lowest BCUT2D eigenvalue weighted by Crippen LogP contribution is -2.29. The predicted molar refractivity (Wildman–Crippen MR) is 72.9 cm³/mol. The van der Waals surface area contributed by atoms with Crippen molar-refractivity contribution in [3.05, 3.63) is 34.9 Å². The Morgan fingerprint density at radius 1 is 1.35 bits per heavy atom. The first kappa shape index (κ1) is 12.2. The number of benzene rings is 1. The van der Waals surface area contributed by atoms with Gasteiger partial charge in [-0.05, 0) is 49.3 Å². The Morgan fingerprint density at radius 3 is 2.82 bits per heavy atom. The number of hydrogen-bond acceptors (Lipinski definition) is 1. The summed E-state index contributed by atoms with van der Waals surface area (Å²) in [5.74, 6) is 2.79. The normalized spacial score (nSPS) is 17.2. The molecule has 0 bridgehead atoms. The molecule has 0 saturated carbocycles. The van der Waals surface area contributed by atoms with Gasteiger partial charge in [-0.15, -0.1) is 6.42 Å². The molecule has 1 aromatic carbocycles. The van der Waals surface area contributed by atoms with E-state index in [1.165, 1.54) is 36.0 Å². The maximum Gasteiger partial charge on any atom is 0.0688 e. The van der Waals surface area contributed by atoms with Gasteiger partial charge in [0.25, 0.3) is 0 Å². The molecule has 2 rings (SSSR count). The molecule has 0 heterocycles. The van der Waals surface area contributed by atoms with E-state index in [-0.39, 0.29) is 6.04 Å². The second kappa shape index (κ2) is 5.38. The van der Waals surface area contributed by atoms with Gasteiger partial charge in [0, 0.05) is 6.04 Å². The van der Waals surface area contributed by atoms with Crippen molar-refractivity contribution in [3.63, 3.8) is 0 Å². The minimum atomic E-state index is 0.179. The van der Waals surface area contributed by atoms with Crippen LogP contribution in [0.2, 0.25) is 0 Å². The third kappa shape index (κ3) is 2.70. The van der Waals surface area contributed by atoms with Crippen LogP contribution in [0.15, 0.2) is 18.2 Å². The third-order valence-electron chi connectivity index (χ3n) is 3.68. The quantitative estimate of drug-likeness (QED) is 0.779. The van der Waals surface area contributed by atoms with Gasteiger partial charge in [-0.1, -0.05) is 31.0 Å². The van der Waals surface area contributed by atoms with E-state index in [0.717, 1.165) is 6.42 Å². The first-order valence-electron chi connectivity index (χ1n) is 6.58. The van der Waals surface area contributed by atoms with E-state index < -0.39 is 0 Å². The molecule has 0 aromatic heterocycles. The molecular formula is C16H21N. The summed E-state index contributed by atoms with van der Waals surface area (Å²) in [7, 11) is 0. The molecule has 1 aliphatic rings. The monoisotopic (exact) mass is 227 g/mol. The summed E-state index contributed by atoms with van der Waals surface area (Å²) in [6.07, 6.45) is 10.3. The second-order valence-corrected chi connectivity index (χ2v) is 4.90. The molecular weight excluding hydrogens is 206 g/mol. The van der Waals surface area contributed by atoms with Gasteiger partial charge in [-0.25, -0.2) is 0 Å². The molecule has 17 heavy (non-hydrogen) atoms. The lowest BCUT2D eigenvalue weighted by molar-refractivity contribution is 0.512. The van der Waals surface area contributed by atoms with Gasteiger partial charge in [-0.3, -0.25) is 5.32 Å². The zero-order valence-corrected chi connectivity index (χ0v) is 10.8. The van der Waals surface area contributed by atoms with Crippen molar-refractivity contribution >= 4 is 0 Å². The molecule has 0 fully saturated rings. The average Bonchev–Trinajstić information content (AvgIpc) is 2.82. The van der Waals surface area contributed by atoms with Gasteiger partial charge in [-0.2, -0.15) is 0 Å². The van der Waals surface area contributed by atoms with E-state index in [0.29, 0.717) is 6.04 Å². The van der Waals surface area contributed by atoms with Crippen molar-refractivity contribution in [2.45, 2.75) is 51.6 Å². The molecule has 90 valence electrons. The Hall–Kier alpha value is -1.26. The molecule has 0 amide bonds. The minimum absolute atomic E-state index is 0.179. The fourth-order valence-corrected chi connectivity index (χ4v) is 2.54. The van der Waals surface area contributed by atoms with Crippen LogP contribution in [-0.4, -0.2) is 6.04 Å². The molecule has 1 aromatic rings. The van der Waals surface area contributed by atoms with Gasteiger partial charge in [0.2, 0.25) is 0 Å². The van der Waals surface area contributed by atoms with Gasteiger partial charge < -0.3 is 0 Å². The van der Waals surface area contributed by atoms with E-state index in [1.807, 2.05) is 0 Å². The van der Waals surface area contributed by atoms with Crippen LogP contribution in [0.3, 0.4) is 0 Å². The molecule has 0 spiro atoms. The summed E-state index contributed by atoms with van der Waals surface area (Å²) in [5, 5.41) is 3.49. The van der Waals surface area contributed by atoms with Crippen LogP contribution in [0.5, 0.6) is 0 Å². The Balaban J connectivity index is 2.09. The highest BCUT2D eigenvalue weighted by Crippen LogP contribution is 2.25. The Bertz CT molecular complexity index is 428. The van der Waals surface area contributed by atoms with Crippen LogP contribution in [0.25, 0.3) is 0 Å². The Morgan fingerprint density at radius 2 is 2.12 bits per heavy atom. The Kier molecular flexibility index (Phi) is 3.86. The summed E-state index contributed by atoms with van der Waals surface area (Å²) in [5.41, 5.74) is 4.43. The highest BCUT2D eigenvalue weighted by Gasteiger charge is 2.14. The van der Waals surface area contributed by atoms with Crippen LogP contribution < -0.4 is 5.32 Å². The average molecular weight is 227 g/mol. The lowest BCUT2D eigenvalue weighted by atomic mass is 10.0. The van der Waals surface area contributed by atoms with E-state index in [2.05, 4.69) is 43.3 Å². The van der Waals surface area contributed by atoms with Gasteiger partial charge in [0.1, 0.15) is 0 Å². The molecule has 1 heteroatoms. The fraction of sp³-hybridized carbons (Fsp3) is 0.500. The smallest absolute Gasteiger partial charge is 0.0688 e. The number of terminal acetylenes is 1. The predicted octanol–water partition coefficient (Wildman–Crippen LogP) is 3.24. The number of rotatable bonds is 4. The number of hydrogen-bond donors (Lipinski definition) is 1. The first-order chi connectivity index (χ1) is 8.24. The standard InChI is InChI=1S/C16H21N/c1-4-16(5-2)17-12(3)14-10-9-13-7-6-8-15(13)11-14/h1,9-12,16-17H,5-8H2,2-3H3. The van der Waals surface area contributed by atoms with Crippen LogP contribution in [0, 0.1) is 12.3 Å². The maximum atomic E-state index is 5.49. The molecule has 1 N–H and O–H groups in total. The summed E-state index contributed by atoms with van der Waals surface area (Å²) in [6, 6.07) is 7.39. The molecule has 0 saturated heterocycles. The van der Waals surface area contributed by atoms with Crippen LogP contribution >= 0.6 is 0 Å². The highest BCUT2D eigenvalue weighted by atomic mass is 14.9. The van der Waals surface area contributed by atoms with Crippen molar-refractivity contribution < 1.29 is 0 Å². The summed E-state index contributed by atoms with van der Waals surface area (Å²) in [4.78, 5) is 0. The molecule has 0 radical (unpaired) electrons. The van der Waals surface area contributed by atoms with E-state index in [9.17, 15) is 0 Å². The zero-order valence-electron chi connectivity index (χ0n) is 10.8. The number of fused-ring (bicyclic) bond motifs is 1. The number of nitrogens with one attached hydrogen (secondary N) is 1. The van der Waals surface area contributed by atoms with E-state index in [4.69, 9.17) is 6.42 Å². The number of aryl methyl sites for hydroxylation is 2. The minimum Gasteiger partial charge on any atom is -0.297 e. The fourth-order valence-electron chi connectivity index (χ4n) is 2.54. The van der Waals surface area contributed by atoms with Crippen molar-refractivity contribution in [1.82, 2.24) is 5.32 Å². The zero-order chi connectivity index (χ0) is 12.3. The molecule has 1 aliphatic carbocycles. The SMILES string of the molecule is C#CC(CC)NC(C)c1ccc2c(c1)CCC2. The van der Waals surface area contributed by atoms with Crippen molar-refractivity contribution in [2.75, 3.05) is 0 Å². The van der Waals surface area contributed by atoms with Crippen LogP contribution in [0.4, 0.5) is 0 Å². The third-order valence-corrected chi connectivity index (χ3v) is 3.68. The topological polar surface area (TPSA) is 12.0 Å². The summed E-state index contributed by atoms with van der Waals surface area (Å²) >= 11 is 0. The first-order valence-corrected chi connectivity index (χ1v) is 6.58. The van der Waals surface area contributed by atoms with Crippen molar-refractivity contribution in [3.8, 4) is 12.3 Å². The highest BCUT2D eigenvalue weighted by molar-refractivity contribution is 5.36. The molecule has 2 atom stereocenters. The van der Waals surface area contributed by atoms with E-state index in [1.54, 1.807) is 0 Å². The molecule has 0 aliphatic heterocycles. The largest absolute Gasteiger partial charge is 0.297 e. The lowest BCUT2D eigenvalue weighted by Gasteiger charge is -2.19.